The van der Waals surface area contributed by atoms with Gasteiger partial charge in [0.1, 0.15) is 5.82 Å². The zero-order valence-electron chi connectivity index (χ0n) is 10.4. The summed E-state index contributed by atoms with van der Waals surface area (Å²) in [4.78, 5) is 11.9. The minimum atomic E-state index is 0.480. The van der Waals surface area contributed by atoms with Gasteiger partial charge in [0.25, 0.3) is 0 Å². The standard InChI is InChI=1S/C13H15N5/c1-8-17-13(12(6-14)18(8)2)9-3-4-10-11(5-9)16-7-15-10/h3-5,7H,6,14H2,1-2H3,(H,15,16). The summed E-state index contributed by atoms with van der Waals surface area (Å²) in [7, 11) is 1.99. The van der Waals surface area contributed by atoms with Crippen LogP contribution in [0.3, 0.4) is 0 Å². The first-order valence-electron chi connectivity index (χ1n) is 5.86. The van der Waals surface area contributed by atoms with E-state index < -0.39 is 0 Å². The summed E-state index contributed by atoms with van der Waals surface area (Å²) < 4.78 is 2.03. The molecule has 0 bridgehead atoms. The molecule has 3 aromatic rings. The second-order valence-corrected chi connectivity index (χ2v) is 4.35. The van der Waals surface area contributed by atoms with Crippen LogP contribution < -0.4 is 5.73 Å². The number of nitrogens with two attached hydrogens (primary N) is 1. The molecule has 0 unspecified atom stereocenters. The average molecular weight is 241 g/mol. The predicted octanol–water partition coefficient (Wildman–Crippen LogP) is 1.73. The van der Waals surface area contributed by atoms with Crippen molar-refractivity contribution in [3.8, 4) is 11.3 Å². The Morgan fingerprint density at radius 2 is 2.22 bits per heavy atom. The van der Waals surface area contributed by atoms with Crippen LogP contribution in [0.4, 0.5) is 0 Å². The number of fused-ring (bicyclic) bond motifs is 1. The summed E-state index contributed by atoms with van der Waals surface area (Å²) in [6.07, 6.45) is 1.70. The van der Waals surface area contributed by atoms with Gasteiger partial charge >= 0.3 is 0 Å². The Bertz CT molecular complexity index is 707. The van der Waals surface area contributed by atoms with Crippen LogP contribution in [0.15, 0.2) is 24.5 Å². The smallest absolute Gasteiger partial charge is 0.106 e. The minimum absolute atomic E-state index is 0.480. The Hall–Kier alpha value is -2.14. The summed E-state index contributed by atoms with van der Waals surface area (Å²) in [5.41, 5.74) is 10.9. The number of rotatable bonds is 2. The largest absolute Gasteiger partial charge is 0.345 e. The number of aromatic amines is 1. The van der Waals surface area contributed by atoms with Crippen molar-refractivity contribution in [1.29, 1.82) is 0 Å². The molecule has 1 aromatic carbocycles. The third-order valence-corrected chi connectivity index (χ3v) is 3.32. The van der Waals surface area contributed by atoms with E-state index in [0.29, 0.717) is 6.54 Å². The van der Waals surface area contributed by atoms with E-state index in [0.717, 1.165) is 33.8 Å². The molecule has 3 N–H and O–H groups in total. The number of hydrogen-bond donors (Lipinski definition) is 2. The molecule has 5 nitrogen and oxygen atoms in total. The number of H-pyrrole nitrogens is 1. The highest BCUT2D eigenvalue weighted by molar-refractivity contribution is 5.81. The third-order valence-electron chi connectivity index (χ3n) is 3.32. The minimum Gasteiger partial charge on any atom is -0.345 e. The average Bonchev–Trinajstić information content (AvgIpc) is 2.94. The Morgan fingerprint density at radius 1 is 1.39 bits per heavy atom. The number of aryl methyl sites for hydroxylation is 1. The van der Waals surface area contributed by atoms with Gasteiger partial charge in [0.2, 0.25) is 0 Å². The highest BCUT2D eigenvalue weighted by atomic mass is 15.1. The molecule has 2 aromatic heterocycles. The van der Waals surface area contributed by atoms with Crippen LogP contribution in [0.25, 0.3) is 22.3 Å². The topological polar surface area (TPSA) is 72.5 Å². The Kier molecular flexibility index (Phi) is 2.41. The van der Waals surface area contributed by atoms with Crippen molar-refractivity contribution in [3.05, 3.63) is 36.0 Å². The number of imidazole rings is 2. The lowest BCUT2D eigenvalue weighted by molar-refractivity contribution is 0.789. The van der Waals surface area contributed by atoms with Gasteiger partial charge < -0.3 is 15.3 Å². The molecule has 0 spiro atoms. The van der Waals surface area contributed by atoms with E-state index >= 15 is 0 Å². The molecule has 0 aliphatic rings. The van der Waals surface area contributed by atoms with Gasteiger partial charge in [0.05, 0.1) is 28.7 Å². The molecule has 92 valence electrons. The Morgan fingerprint density at radius 3 is 3.00 bits per heavy atom. The summed E-state index contributed by atoms with van der Waals surface area (Å²) in [5.74, 6) is 0.968. The summed E-state index contributed by atoms with van der Waals surface area (Å²) in [6.45, 7) is 2.46. The van der Waals surface area contributed by atoms with Crippen LogP contribution in [-0.2, 0) is 13.6 Å². The van der Waals surface area contributed by atoms with Crippen molar-refractivity contribution >= 4 is 11.0 Å². The highest BCUT2D eigenvalue weighted by Gasteiger charge is 2.13. The van der Waals surface area contributed by atoms with Gasteiger partial charge in [-0.25, -0.2) is 9.97 Å². The van der Waals surface area contributed by atoms with Gasteiger partial charge in [0, 0.05) is 19.2 Å². The predicted molar refractivity (Wildman–Crippen MR) is 70.9 cm³/mol. The molecule has 0 saturated heterocycles. The summed E-state index contributed by atoms with van der Waals surface area (Å²) in [5, 5.41) is 0. The lowest BCUT2D eigenvalue weighted by atomic mass is 10.1. The summed E-state index contributed by atoms with van der Waals surface area (Å²) >= 11 is 0. The van der Waals surface area contributed by atoms with Crippen LogP contribution >= 0.6 is 0 Å². The van der Waals surface area contributed by atoms with Gasteiger partial charge in [-0.15, -0.1) is 0 Å². The summed E-state index contributed by atoms with van der Waals surface area (Å²) in [6, 6.07) is 6.08. The van der Waals surface area contributed by atoms with Gasteiger partial charge in [-0.3, -0.25) is 0 Å². The zero-order chi connectivity index (χ0) is 12.7. The van der Waals surface area contributed by atoms with E-state index in [-0.39, 0.29) is 0 Å². The molecule has 5 heteroatoms. The Balaban J connectivity index is 2.21. The van der Waals surface area contributed by atoms with Crippen molar-refractivity contribution in [3.63, 3.8) is 0 Å². The quantitative estimate of drug-likeness (QED) is 0.717. The van der Waals surface area contributed by atoms with E-state index in [1.54, 1.807) is 6.33 Å². The van der Waals surface area contributed by atoms with E-state index in [4.69, 9.17) is 5.73 Å². The zero-order valence-corrected chi connectivity index (χ0v) is 10.4. The molecule has 0 radical (unpaired) electrons. The fraction of sp³-hybridized carbons (Fsp3) is 0.231. The molecule has 2 heterocycles. The van der Waals surface area contributed by atoms with E-state index in [1.165, 1.54) is 0 Å². The number of hydrogen-bond acceptors (Lipinski definition) is 3. The SMILES string of the molecule is Cc1nc(-c2ccc3nc[nH]c3c2)c(CN)n1C. The highest BCUT2D eigenvalue weighted by Crippen LogP contribution is 2.25. The molecule has 3 rings (SSSR count). The molecular formula is C13H15N5. The van der Waals surface area contributed by atoms with Gasteiger partial charge in [0.15, 0.2) is 0 Å². The second kappa shape index (κ2) is 3.96. The molecule has 0 aliphatic heterocycles. The maximum Gasteiger partial charge on any atom is 0.106 e. The van der Waals surface area contributed by atoms with Gasteiger partial charge in [-0.2, -0.15) is 0 Å². The lowest BCUT2D eigenvalue weighted by Crippen LogP contribution is -2.05. The fourth-order valence-electron chi connectivity index (χ4n) is 2.20. The van der Waals surface area contributed by atoms with Crippen LogP contribution in [0.1, 0.15) is 11.5 Å². The van der Waals surface area contributed by atoms with Gasteiger partial charge in [-0.1, -0.05) is 6.07 Å². The van der Waals surface area contributed by atoms with Crippen molar-refractivity contribution in [1.82, 2.24) is 19.5 Å². The molecule has 18 heavy (non-hydrogen) atoms. The van der Waals surface area contributed by atoms with Crippen molar-refractivity contribution in [2.24, 2.45) is 12.8 Å². The van der Waals surface area contributed by atoms with E-state index in [2.05, 4.69) is 21.0 Å². The third kappa shape index (κ3) is 1.52. The lowest BCUT2D eigenvalue weighted by Gasteiger charge is -2.03. The van der Waals surface area contributed by atoms with Crippen molar-refractivity contribution < 1.29 is 0 Å². The molecule has 0 amide bonds. The molecular weight excluding hydrogens is 226 g/mol. The first-order valence-corrected chi connectivity index (χ1v) is 5.86. The Labute approximate surface area is 105 Å². The number of aromatic nitrogens is 4. The first-order chi connectivity index (χ1) is 8.70. The van der Waals surface area contributed by atoms with E-state index in [9.17, 15) is 0 Å². The molecule has 0 saturated carbocycles. The van der Waals surface area contributed by atoms with Crippen molar-refractivity contribution in [2.45, 2.75) is 13.5 Å². The molecule has 0 fully saturated rings. The fourth-order valence-corrected chi connectivity index (χ4v) is 2.20. The first kappa shape index (κ1) is 11.0. The van der Waals surface area contributed by atoms with Gasteiger partial charge in [-0.05, 0) is 19.1 Å². The van der Waals surface area contributed by atoms with Crippen LogP contribution in [0, 0.1) is 6.92 Å². The number of nitrogens with zero attached hydrogens (tertiary/aromatic N) is 3. The maximum atomic E-state index is 5.81. The maximum absolute atomic E-state index is 5.81. The monoisotopic (exact) mass is 241 g/mol. The van der Waals surface area contributed by atoms with Crippen LogP contribution in [-0.4, -0.2) is 19.5 Å². The van der Waals surface area contributed by atoms with Crippen LogP contribution in [0.2, 0.25) is 0 Å². The number of nitrogens with one attached hydrogen (secondary N) is 1. The molecule has 0 aliphatic carbocycles. The second-order valence-electron chi connectivity index (χ2n) is 4.35. The van der Waals surface area contributed by atoms with Crippen molar-refractivity contribution in [2.75, 3.05) is 0 Å². The molecule has 0 atom stereocenters. The number of benzene rings is 1. The van der Waals surface area contributed by atoms with Crippen LogP contribution in [0.5, 0.6) is 0 Å². The normalized spacial score (nSPS) is 11.3. The van der Waals surface area contributed by atoms with E-state index in [1.807, 2.05) is 30.7 Å².